The van der Waals surface area contributed by atoms with Gasteiger partial charge >= 0.3 is 0 Å². The van der Waals surface area contributed by atoms with E-state index in [1.807, 2.05) is 13.8 Å². The minimum atomic E-state index is -0.128. The molecule has 82 valence electrons. The molecule has 1 rings (SSSR count). The van der Waals surface area contributed by atoms with Crippen molar-refractivity contribution in [2.45, 2.75) is 26.3 Å². The van der Waals surface area contributed by atoms with Gasteiger partial charge in [0, 0.05) is 24.9 Å². The van der Waals surface area contributed by atoms with Crippen LogP contribution < -0.4 is 11.1 Å². The van der Waals surface area contributed by atoms with Gasteiger partial charge in [0.25, 0.3) is 0 Å². The number of nitrogens with one attached hydrogen (secondary N) is 1. The summed E-state index contributed by atoms with van der Waals surface area (Å²) in [4.78, 5) is 19.2. The zero-order valence-electron chi connectivity index (χ0n) is 8.97. The fourth-order valence-corrected chi connectivity index (χ4v) is 1.01. The predicted molar refractivity (Wildman–Crippen MR) is 58.1 cm³/mol. The molecule has 15 heavy (non-hydrogen) atoms. The van der Waals surface area contributed by atoms with E-state index in [0.717, 1.165) is 0 Å². The van der Waals surface area contributed by atoms with Crippen LogP contribution in [-0.2, 0) is 4.79 Å². The molecule has 0 aliphatic carbocycles. The molecule has 1 heterocycles. The average molecular weight is 208 g/mol. The van der Waals surface area contributed by atoms with Gasteiger partial charge in [0.2, 0.25) is 5.91 Å². The molecule has 0 radical (unpaired) electrons. The van der Waals surface area contributed by atoms with Crippen LogP contribution in [0.4, 0.5) is 5.82 Å². The lowest BCUT2D eigenvalue weighted by atomic mass is 10.0. The molecule has 5 heteroatoms. The number of hydrogen-bond acceptors (Lipinski definition) is 4. The van der Waals surface area contributed by atoms with Crippen LogP contribution in [0.1, 0.15) is 20.3 Å². The van der Waals surface area contributed by atoms with Crippen molar-refractivity contribution < 1.29 is 4.79 Å². The number of rotatable bonds is 4. The second kappa shape index (κ2) is 5.41. The molecular weight excluding hydrogens is 192 g/mol. The number of carbonyl (C=O) groups excluding carboxylic acids is 1. The van der Waals surface area contributed by atoms with Crippen molar-refractivity contribution in [3.8, 4) is 0 Å². The van der Waals surface area contributed by atoms with Crippen molar-refractivity contribution in [2.75, 3.05) is 5.32 Å². The minimum absolute atomic E-state index is 0.123. The molecule has 0 spiro atoms. The van der Waals surface area contributed by atoms with Gasteiger partial charge in [-0.15, -0.1) is 0 Å². The Bertz CT molecular complexity index is 312. The Morgan fingerprint density at radius 1 is 1.53 bits per heavy atom. The van der Waals surface area contributed by atoms with Gasteiger partial charge in [-0.3, -0.25) is 9.78 Å². The van der Waals surface area contributed by atoms with Crippen LogP contribution in [0.15, 0.2) is 18.6 Å². The Balaban J connectivity index is 2.43. The summed E-state index contributed by atoms with van der Waals surface area (Å²) < 4.78 is 0. The molecule has 0 saturated heterocycles. The molecule has 0 bridgehead atoms. The summed E-state index contributed by atoms with van der Waals surface area (Å²) in [7, 11) is 0. The van der Waals surface area contributed by atoms with Gasteiger partial charge in [-0.2, -0.15) is 0 Å². The zero-order valence-corrected chi connectivity index (χ0v) is 8.97. The summed E-state index contributed by atoms with van der Waals surface area (Å²) in [6.45, 7) is 3.97. The van der Waals surface area contributed by atoms with Crippen LogP contribution in [0.3, 0.4) is 0 Å². The Morgan fingerprint density at radius 3 is 2.80 bits per heavy atom. The molecule has 5 nitrogen and oxygen atoms in total. The Morgan fingerprint density at radius 2 is 2.27 bits per heavy atom. The molecule has 3 N–H and O–H groups in total. The maximum atomic E-state index is 11.5. The molecule has 0 aromatic carbocycles. The van der Waals surface area contributed by atoms with Crippen molar-refractivity contribution in [1.29, 1.82) is 0 Å². The fourth-order valence-electron chi connectivity index (χ4n) is 1.01. The average Bonchev–Trinajstić information content (AvgIpc) is 2.18. The SMILES string of the molecule is CC(C)C(N)CC(=O)Nc1cnccn1. The van der Waals surface area contributed by atoms with Crippen molar-refractivity contribution in [3.05, 3.63) is 18.6 Å². The summed E-state index contributed by atoms with van der Waals surface area (Å²) in [5.74, 6) is 0.618. The zero-order chi connectivity index (χ0) is 11.3. The summed E-state index contributed by atoms with van der Waals surface area (Å²) in [5.41, 5.74) is 5.77. The van der Waals surface area contributed by atoms with E-state index < -0.39 is 0 Å². The van der Waals surface area contributed by atoms with Gasteiger partial charge in [0.1, 0.15) is 0 Å². The summed E-state index contributed by atoms with van der Waals surface area (Å²) >= 11 is 0. The second-order valence-corrected chi connectivity index (χ2v) is 3.75. The van der Waals surface area contributed by atoms with Gasteiger partial charge in [0.05, 0.1) is 6.20 Å². The van der Waals surface area contributed by atoms with Gasteiger partial charge in [-0.25, -0.2) is 4.98 Å². The molecular formula is C10H16N4O. The normalized spacial score (nSPS) is 12.5. The first-order valence-corrected chi connectivity index (χ1v) is 4.91. The van der Waals surface area contributed by atoms with E-state index in [2.05, 4.69) is 15.3 Å². The van der Waals surface area contributed by atoms with Gasteiger partial charge in [-0.1, -0.05) is 13.8 Å². The van der Waals surface area contributed by atoms with Crippen LogP contribution >= 0.6 is 0 Å². The van der Waals surface area contributed by atoms with E-state index in [-0.39, 0.29) is 17.9 Å². The third kappa shape index (κ3) is 4.03. The fraction of sp³-hybridized carbons (Fsp3) is 0.500. The van der Waals surface area contributed by atoms with Crippen molar-refractivity contribution in [2.24, 2.45) is 11.7 Å². The molecule has 0 fully saturated rings. The third-order valence-corrected chi connectivity index (χ3v) is 2.11. The Labute approximate surface area is 89.1 Å². The van der Waals surface area contributed by atoms with Crippen LogP contribution in [-0.4, -0.2) is 21.9 Å². The monoisotopic (exact) mass is 208 g/mol. The third-order valence-electron chi connectivity index (χ3n) is 2.11. The Kier molecular flexibility index (Phi) is 4.17. The number of nitrogens with two attached hydrogens (primary N) is 1. The summed E-state index contributed by atoms with van der Waals surface area (Å²) in [6.07, 6.45) is 4.88. The van der Waals surface area contributed by atoms with E-state index in [1.54, 1.807) is 6.20 Å². The lowest BCUT2D eigenvalue weighted by molar-refractivity contribution is -0.116. The Hall–Kier alpha value is -1.49. The molecule has 0 saturated carbocycles. The minimum Gasteiger partial charge on any atom is -0.327 e. The van der Waals surface area contributed by atoms with Crippen LogP contribution in [0.25, 0.3) is 0 Å². The lowest BCUT2D eigenvalue weighted by Gasteiger charge is -2.14. The van der Waals surface area contributed by atoms with Crippen molar-refractivity contribution in [1.82, 2.24) is 9.97 Å². The van der Waals surface area contributed by atoms with E-state index in [1.165, 1.54) is 12.4 Å². The first-order valence-electron chi connectivity index (χ1n) is 4.91. The largest absolute Gasteiger partial charge is 0.327 e. The van der Waals surface area contributed by atoms with Gasteiger partial charge in [-0.05, 0) is 5.92 Å². The molecule has 1 aromatic rings. The standard InChI is InChI=1S/C10H16N4O/c1-7(2)8(11)5-10(15)14-9-6-12-3-4-13-9/h3-4,6-8H,5,11H2,1-2H3,(H,13,14,15). The highest BCUT2D eigenvalue weighted by molar-refractivity contribution is 5.89. The van der Waals surface area contributed by atoms with Crippen molar-refractivity contribution >= 4 is 11.7 Å². The first-order chi connectivity index (χ1) is 7.09. The predicted octanol–water partition coefficient (Wildman–Crippen LogP) is 0.788. The molecule has 1 atom stereocenters. The molecule has 1 unspecified atom stereocenters. The number of hydrogen-bond donors (Lipinski definition) is 2. The number of aromatic nitrogens is 2. The molecule has 1 amide bonds. The number of anilines is 1. The highest BCUT2D eigenvalue weighted by Gasteiger charge is 2.13. The first kappa shape index (κ1) is 11.6. The summed E-state index contributed by atoms with van der Waals surface area (Å²) in [6, 6.07) is -0.123. The number of amides is 1. The van der Waals surface area contributed by atoms with E-state index in [4.69, 9.17) is 5.73 Å². The lowest BCUT2D eigenvalue weighted by Crippen LogP contribution is -2.31. The van der Waals surface area contributed by atoms with Crippen LogP contribution in [0, 0.1) is 5.92 Å². The number of nitrogens with zero attached hydrogens (tertiary/aromatic N) is 2. The van der Waals surface area contributed by atoms with Crippen molar-refractivity contribution in [3.63, 3.8) is 0 Å². The van der Waals surface area contributed by atoms with Crippen LogP contribution in [0.5, 0.6) is 0 Å². The van der Waals surface area contributed by atoms with E-state index in [0.29, 0.717) is 12.2 Å². The smallest absolute Gasteiger partial charge is 0.227 e. The molecule has 0 aliphatic rings. The molecule has 1 aromatic heterocycles. The number of carbonyl (C=O) groups is 1. The van der Waals surface area contributed by atoms with Gasteiger partial charge < -0.3 is 11.1 Å². The van der Waals surface area contributed by atoms with Gasteiger partial charge in [0.15, 0.2) is 5.82 Å². The molecule has 0 aliphatic heterocycles. The highest BCUT2D eigenvalue weighted by Crippen LogP contribution is 2.05. The second-order valence-electron chi connectivity index (χ2n) is 3.75. The maximum Gasteiger partial charge on any atom is 0.227 e. The van der Waals surface area contributed by atoms with E-state index >= 15 is 0 Å². The quantitative estimate of drug-likeness (QED) is 0.766. The highest BCUT2D eigenvalue weighted by atomic mass is 16.1. The van der Waals surface area contributed by atoms with E-state index in [9.17, 15) is 4.79 Å². The topological polar surface area (TPSA) is 80.9 Å². The summed E-state index contributed by atoms with van der Waals surface area (Å²) in [5, 5.41) is 2.64. The maximum absolute atomic E-state index is 11.5. The van der Waals surface area contributed by atoms with Crippen LogP contribution in [0.2, 0.25) is 0 Å².